The minimum atomic E-state index is -3.81. The Labute approximate surface area is 297 Å². The summed E-state index contributed by atoms with van der Waals surface area (Å²) in [5.41, 5.74) is 0.375. The molecule has 1 aromatic carbocycles. The predicted octanol–water partition coefficient (Wildman–Crippen LogP) is 6.01. The number of amides is 2. The highest BCUT2D eigenvalue weighted by molar-refractivity contribution is 7.90. The molecule has 2 amide bonds. The maximum atomic E-state index is 14.6. The van der Waals surface area contributed by atoms with Gasteiger partial charge >= 0.3 is 5.97 Å². The molecule has 0 radical (unpaired) electrons. The van der Waals surface area contributed by atoms with Gasteiger partial charge in [-0.2, -0.15) is 0 Å². The van der Waals surface area contributed by atoms with E-state index in [1.54, 1.807) is 11.0 Å². The zero-order chi connectivity index (χ0) is 35.8. The quantitative estimate of drug-likeness (QED) is 0.195. The molecule has 1 aliphatic heterocycles. The van der Waals surface area contributed by atoms with E-state index in [2.05, 4.69) is 35.6 Å². The third kappa shape index (κ3) is 7.97. The summed E-state index contributed by atoms with van der Waals surface area (Å²) in [4.78, 5) is 59.3. The minimum Gasteiger partial charge on any atom is -0.462 e. The molecule has 5 fully saturated rings. The van der Waals surface area contributed by atoms with Crippen molar-refractivity contribution in [2.45, 2.75) is 134 Å². The van der Waals surface area contributed by atoms with E-state index >= 15 is 0 Å². The molecule has 274 valence electrons. The number of carbonyl (C=O) groups is 4. The number of ketones is 1. The lowest BCUT2D eigenvalue weighted by molar-refractivity contribution is -0.156. The smallest absolute Gasteiger partial charge is 0.306 e. The van der Waals surface area contributed by atoms with Gasteiger partial charge in [-0.15, -0.1) is 6.58 Å². The molecule has 4 aliphatic carbocycles. The predicted molar refractivity (Wildman–Crippen MR) is 191 cm³/mol. The van der Waals surface area contributed by atoms with Gasteiger partial charge in [0.25, 0.3) is 0 Å². The van der Waals surface area contributed by atoms with Gasteiger partial charge in [-0.25, -0.2) is 8.42 Å². The number of hydrogen-bond acceptors (Lipinski definition) is 8. The van der Waals surface area contributed by atoms with Crippen LogP contribution < -0.4 is 9.62 Å². The van der Waals surface area contributed by atoms with Crippen LogP contribution in [0.25, 0.3) is 0 Å². The standard InChI is InChI=1S/C39H55N3O7S/c1-5-28-22-39(28,37(46)40-50(47,48)31-19-20-31)23-34(43)33-24-41(29-17-15-27(16-18-29)26-11-7-6-8-12-26)25-42(33)36(45)32(38(2,3)4)21-35(44)49-30-13-9-10-14-30/h5,15-18,26,28,30-33H,1,6-14,19-25H2,2-4H3,(H,40,46)/t28-,32-,33+,39-/m1/s1. The third-order valence-corrected chi connectivity index (χ3v) is 13.8. The van der Waals surface area contributed by atoms with E-state index < -0.39 is 49.9 Å². The Balaban J connectivity index is 1.24. The second kappa shape index (κ2) is 14.4. The molecular formula is C39H55N3O7S. The van der Waals surface area contributed by atoms with E-state index in [1.807, 2.05) is 25.7 Å². The number of anilines is 1. The first-order valence-electron chi connectivity index (χ1n) is 18.8. The van der Waals surface area contributed by atoms with Crippen LogP contribution in [0.2, 0.25) is 0 Å². The summed E-state index contributed by atoms with van der Waals surface area (Å²) < 4.78 is 33.4. The van der Waals surface area contributed by atoms with Gasteiger partial charge in [0.05, 0.1) is 29.7 Å². The Kier molecular flexibility index (Phi) is 10.6. The molecule has 0 unspecified atom stereocenters. The van der Waals surface area contributed by atoms with Crippen LogP contribution in [0.1, 0.15) is 122 Å². The van der Waals surface area contributed by atoms with E-state index in [1.165, 1.54) is 37.7 Å². The fourth-order valence-electron chi connectivity index (χ4n) is 8.41. The molecule has 1 N–H and O–H groups in total. The molecule has 1 aromatic rings. The number of esters is 1. The number of hydrogen-bond donors (Lipinski definition) is 1. The summed E-state index contributed by atoms with van der Waals surface area (Å²) in [5, 5.41) is -0.573. The number of rotatable bonds is 13. The molecule has 5 aliphatic rings. The highest BCUT2D eigenvalue weighted by Crippen LogP contribution is 2.57. The van der Waals surface area contributed by atoms with Gasteiger partial charge in [-0.1, -0.05) is 58.2 Å². The van der Waals surface area contributed by atoms with Crippen LogP contribution in [0.3, 0.4) is 0 Å². The lowest BCUT2D eigenvalue weighted by atomic mass is 9.77. The maximum absolute atomic E-state index is 14.6. The number of allylic oxidation sites excluding steroid dienone is 1. The molecule has 0 bridgehead atoms. The number of nitrogens with zero attached hydrogens (tertiary/aromatic N) is 2. The van der Waals surface area contributed by atoms with E-state index in [0.29, 0.717) is 25.2 Å². The summed E-state index contributed by atoms with van der Waals surface area (Å²) in [6, 6.07) is 7.55. The average Bonchev–Trinajstić information content (AvgIpc) is 3.96. The molecule has 0 spiro atoms. The van der Waals surface area contributed by atoms with Gasteiger partial charge < -0.3 is 14.5 Å². The van der Waals surface area contributed by atoms with Crippen molar-refractivity contribution in [3.63, 3.8) is 0 Å². The van der Waals surface area contributed by atoms with Crippen molar-refractivity contribution in [1.82, 2.24) is 9.62 Å². The van der Waals surface area contributed by atoms with E-state index in [-0.39, 0.29) is 49.8 Å². The zero-order valence-electron chi connectivity index (χ0n) is 30.0. The fraction of sp³-hybridized carbons (Fsp3) is 0.692. The van der Waals surface area contributed by atoms with E-state index in [0.717, 1.165) is 31.4 Å². The summed E-state index contributed by atoms with van der Waals surface area (Å²) in [7, 11) is -3.81. The maximum Gasteiger partial charge on any atom is 0.306 e. The van der Waals surface area contributed by atoms with Crippen molar-refractivity contribution < 1.29 is 32.3 Å². The molecule has 4 saturated carbocycles. The zero-order valence-corrected chi connectivity index (χ0v) is 30.8. The van der Waals surface area contributed by atoms with Crippen LogP contribution in [-0.2, 0) is 33.9 Å². The Bertz CT molecular complexity index is 1570. The molecule has 50 heavy (non-hydrogen) atoms. The lowest BCUT2D eigenvalue weighted by Crippen LogP contribution is -2.49. The Morgan fingerprint density at radius 3 is 2.20 bits per heavy atom. The van der Waals surface area contributed by atoms with Crippen LogP contribution >= 0.6 is 0 Å². The normalized spacial score (nSPS) is 26.8. The van der Waals surface area contributed by atoms with Crippen molar-refractivity contribution in [2.75, 3.05) is 18.1 Å². The number of carbonyl (C=O) groups excluding carboxylic acids is 4. The molecular weight excluding hydrogens is 655 g/mol. The van der Waals surface area contributed by atoms with Crippen LogP contribution in [0, 0.1) is 22.7 Å². The molecule has 11 heteroatoms. The summed E-state index contributed by atoms with van der Waals surface area (Å²) in [6.45, 7) is 9.99. The molecule has 1 heterocycles. The SMILES string of the molecule is C=C[C@@H]1C[C@]1(CC(=O)[C@@H]1CN(c2ccc(C3CCCCC3)cc2)CN1C(=O)[C@@H](CC(=O)OC1CCCC1)C(C)(C)C)C(=O)NS(=O)(=O)C1CC1. The summed E-state index contributed by atoms with van der Waals surface area (Å²) in [5.74, 6) is -2.21. The second-order valence-corrected chi connectivity index (χ2v) is 18.6. The van der Waals surface area contributed by atoms with Gasteiger partial charge in [0, 0.05) is 18.7 Å². The fourth-order valence-corrected chi connectivity index (χ4v) is 9.79. The average molecular weight is 710 g/mol. The highest BCUT2D eigenvalue weighted by Gasteiger charge is 2.61. The first kappa shape index (κ1) is 36.6. The molecule has 1 saturated heterocycles. The minimum absolute atomic E-state index is 0.0871. The van der Waals surface area contributed by atoms with Crippen molar-refractivity contribution in [1.29, 1.82) is 0 Å². The number of Topliss-reactive ketones (excluding diaryl/α,β-unsaturated/α-hetero) is 1. The summed E-state index contributed by atoms with van der Waals surface area (Å²) in [6.07, 6.45) is 12.4. The highest BCUT2D eigenvalue weighted by atomic mass is 32.2. The molecule has 10 nitrogen and oxygen atoms in total. The number of benzene rings is 1. The van der Waals surface area contributed by atoms with Crippen LogP contribution in [0.15, 0.2) is 36.9 Å². The van der Waals surface area contributed by atoms with Crippen molar-refractivity contribution in [3.8, 4) is 0 Å². The summed E-state index contributed by atoms with van der Waals surface area (Å²) >= 11 is 0. The lowest BCUT2D eigenvalue weighted by Gasteiger charge is -2.34. The Morgan fingerprint density at radius 2 is 1.62 bits per heavy atom. The van der Waals surface area contributed by atoms with Gasteiger partial charge in [-0.3, -0.25) is 23.9 Å². The second-order valence-electron chi connectivity index (χ2n) is 16.7. The van der Waals surface area contributed by atoms with Gasteiger partial charge in [0.2, 0.25) is 21.8 Å². The van der Waals surface area contributed by atoms with E-state index in [4.69, 9.17) is 4.74 Å². The number of nitrogens with one attached hydrogen (secondary N) is 1. The monoisotopic (exact) mass is 709 g/mol. The molecule has 6 rings (SSSR count). The topological polar surface area (TPSA) is 130 Å². The van der Waals surface area contributed by atoms with Crippen LogP contribution in [0.5, 0.6) is 0 Å². The first-order chi connectivity index (χ1) is 23.7. The molecule has 4 atom stereocenters. The van der Waals surface area contributed by atoms with Gasteiger partial charge in [-0.05, 0) is 92.7 Å². The number of ether oxygens (including phenoxy) is 1. The van der Waals surface area contributed by atoms with Crippen molar-refractivity contribution in [2.24, 2.45) is 22.7 Å². The third-order valence-electron chi connectivity index (χ3n) is 12.0. The van der Waals surface area contributed by atoms with Crippen molar-refractivity contribution in [3.05, 3.63) is 42.5 Å². The largest absolute Gasteiger partial charge is 0.462 e. The van der Waals surface area contributed by atoms with E-state index in [9.17, 15) is 27.6 Å². The molecule has 0 aromatic heterocycles. The van der Waals surface area contributed by atoms with Crippen LogP contribution in [-0.4, -0.2) is 67.5 Å². The Hall–Kier alpha value is -3.21. The van der Waals surface area contributed by atoms with Gasteiger partial charge in [0.15, 0.2) is 5.78 Å². The van der Waals surface area contributed by atoms with Crippen molar-refractivity contribution >= 4 is 39.3 Å². The first-order valence-corrected chi connectivity index (χ1v) is 20.3. The Morgan fingerprint density at radius 1 is 0.980 bits per heavy atom. The van der Waals surface area contributed by atoms with Crippen LogP contribution in [0.4, 0.5) is 5.69 Å². The van der Waals surface area contributed by atoms with Gasteiger partial charge in [0.1, 0.15) is 12.1 Å². The number of sulfonamides is 1.